The standard InChI is InChI=1S/C16H21N5O2/c1-11-15(12(2)20-19-11)9-18-16(22)21-7-5-14(10-21)23-13-4-3-6-17-8-13/h3-4,6,8,14H,5,7,9-10H2,1-2H3,(H,18,22)(H,19,20). The molecular weight excluding hydrogens is 294 g/mol. The lowest BCUT2D eigenvalue weighted by Gasteiger charge is -2.18. The minimum atomic E-state index is -0.0673. The zero-order chi connectivity index (χ0) is 16.2. The normalized spacial score (nSPS) is 17.3. The second kappa shape index (κ2) is 6.68. The smallest absolute Gasteiger partial charge is 0.317 e. The van der Waals surface area contributed by atoms with Crippen LogP contribution in [0.15, 0.2) is 24.5 Å². The van der Waals surface area contributed by atoms with Gasteiger partial charge < -0.3 is 15.0 Å². The van der Waals surface area contributed by atoms with E-state index in [0.717, 1.165) is 29.1 Å². The van der Waals surface area contributed by atoms with Gasteiger partial charge in [0, 0.05) is 37.0 Å². The van der Waals surface area contributed by atoms with Crippen LogP contribution < -0.4 is 10.1 Å². The Bertz CT molecular complexity index is 651. The van der Waals surface area contributed by atoms with Gasteiger partial charge in [-0.15, -0.1) is 0 Å². The molecule has 122 valence electrons. The molecule has 2 amide bonds. The van der Waals surface area contributed by atoms with Gasteiger partial charge in [0.05, 0.1) is 18.4 Å². The van der Waals surface area contributed by atoms with Crippen LogP contribution in [0.3, 0.4) is 0 Å². The average Bonchev–Trinajstić information content (AvgIpc) is 3.14. The maximum absolute atomic E-state index is 12.3. The number of carbonyl (C=O) groups is 1. The third-order valence-corrected chi connectivity index (χ3v) is 4.07. The summed E-state index contributed by atoms with van der Waals surface area (Å²) in [5.74, 6) is 0.740. The number of amides is 2. The van der Waals surface area contributed by atoms with E-state index in [4.69, 9.17) is 4.74 Å². The van der Waals surface area contributed by atoms with Crippen LogP contribution in [0, 0.1) is 13.8 Å². The van der Waals surface area contributed by atoms with Crippen LogP contribution in [0.4, 0.5) is 4.79 Å². The first-order chi connectivity index (χ1) is 11.1. The zero-order valence-electron chi connectivity index (χ0n) is 13.4. The van der Waals surface area contributed by atoms with Crippen molar-refractivity contribution in [2.24, 2.45) is 0 Å². The van der Waals surface area contributed by atoms with Gasteiger partial charge in [-0.3, -0.25) is 10.1 Å². The number of nitrogens with one attached hydrogen (secondary N) is 2. The van der Waals surface area contributed by atoms with Crippen LogP contribution in [0.2, 0.25) is 0 Å². The Morgan fingerprint density at radius 3 is 3.09 bits per heavy atom. The number of H-pyrrole nitrogens is 1. The first-order valence-corrected chi connectivity index (χ1v) is 7.73. The third-order valence-electron chi connectivity index (χ3n) is 4.07. The highest BCUT2D eigenvalue weighted by Gasteiger charge is 2.27. The largest absolute Gasteiger partial charge is 0.487 e. The van der Waals surface area contributed by atoms with Crippen molar-refractivity contribution in [1.29, 1.82) is 0 Å². The van der Waals surface area contributed by atoms with Crippen molar-refractivity contribution in [2.75, 3.05) is 13.1 Å². The summed E-state index contributed by atoms with van der Waals surface area (Å²) in [7, 11) is 0. The van der Waals surface area contributed by atoms with Crippen LogP contribution >= 0.6 is 0 Å². The minimum Gasteiger partial charge on any atom is -0.487 e. The van der Waals surface area contributed by atoms with E-state index in [9.17, 15) is 4.79 Å². The Balaban J connectivity index is 1.49. The van der Waals surface area contributed by atoms with Gasteiger partial charge >= 0.3 is 6.03 Å². The predicted molar refractivity (Wildman–Crippen MR) is 85.1 cm³/mol. The number of aromatic nitrogens is 3. The number of ether oxygens (including phenoxy) is 1. The monoisotopic (exact) mass is 315 g/mol. The molecule has 0 spiro atoms. The highest BCUT2D eigenvalue weighted by molar-refractivity contribution is 5.74. The summed E-state index contributed by atoms with van der Waals surface area (Å²) in [5, 5.41) is 10.0. The molecule has 3 heterocycles. The van der Waals surface area contributed by atoms with Crippen LogP contribution in [-0.2, 0) is 6.54 Å². The molecule has 0 bridgehead atoms. The van der Waals surface area contributed by atoms with Crippen molar-refractivity contribution < 1.29 is 9.53 Å². The van der Waals surface area contributed by atoms with Crippen molar-refractivity contribution in [3.63, 3.8) is 0 Å². The second-order valence-corrected chi connectivity index (χ2v) is 5.73. The van der Waals surface area contributed by atoms with Crippen molar-refractivity contribution in [3.05, 3.63) is 41.5 Å². The van der Waals surface area contributed by atoms with E-state index in [1.165, 1.54) is 0 Å². The molecule has 0 saturated carbocycles. The summed E-state index contributed by atoms with van der Waals surface area (Å²) in [4.78, 5) is 18.1. The van der Waals surface area contributed by atoms with Crippen LogP contribution in [0.1, 0.15) is 23.4 Å². The highest BCUT2D eigenvalue weighted by atomic mass is 16.5. The van der Waals surface area contributed by atoms with Crippen molar-refractivity contribution in [3.8, 4) is 5.75 Å². The molecule has 0 radical (unpaired) electrons. The zero-order valence-corrected chi connectivity index (χ0v) is 13.4. The fraction of sp³-hybridized carbons (Fsp3) is 0.438. The Hall–Kier alpha value is -2.57. The first kappa shape index (κ1) is 15.3. The molecule has 1 fully saturated rings. The molecule has 1 saturated heterocycles. The lowest BCUT2D eigenvalue weighted by molar-refractivity contribution is 0.186. The number of carbonyl (C=O) groups excluding carboxylic acids is 1. The number of hydrogen-bond acceptors (Lipinski definition) is 4. The van der Waals surface area contributed by atoms with Gasteiger partial charge in [-0.25, -0.2) is 4.79 Å². The lowest BCUT2D eigenvalue weighted by Crippen LogP contribution is -2.39. The summed E-state index contributed by atoms with van der Waals surface area (Å²) >= 11 is 0. The number of aromatic amines is 1. The third kappa shape index (κ3) is 3.61. The molecule has 1 aliphatic rings. The van der Waals surface area contributed by atoms with Crippen molar-refractivity contribution in [2.45, 2.75) is 32.9 Å². The minimum absolute atomic E-state index is 0.0161. The molecular formula is C16H21N5O2. The molecule has 1 aliphatic heterocycles. The quantitative estimate of drug-likeness (QED) is 0.901. The molecule has 0 aromatic carbocycles. The molecule has 7 nitrogen and oxygen atoms in total. The van der Waals surface area contributed by atoms with E-state index >= 15 is 0 Å². The molecule has 3 rings (SSSR count). The van der Waals surface area contributed by atoms with E-state index < -0.39 is 0 Å². The highest BCUT2D eigenvalue weighted by Crippen LogP contribution is 2.17. The topological polar surface area (TPSA) is 83.1 Å². The van der Waals surface area contributed by atoms with E-state index in [2.05, 4.69) is 20.5 Å². The van der Waals surface area contributed by atoms with Gasteiger partial charge in [-0.05, 0) is 26.0 Å². The molecule has 0 aliphatic carbocycles. The summed E-state index contributed by atoms with van der Waals surface area (Å²) in [6.45, 7) is 5.65. The maximum Gasteiger partial charge on any atom is 0.317 e. The molecule has 2 N–H and O–H groups in total. The summed E-state index contributed by atoms with van der Waals surface area (Å²) < 4.78 is 5.85. The van der Waals surface area contributed by atoms with Gasteiger partial charge in [-0.2, -0.15) is 5.10 Å². The van der Waals surface area contributed by atoms with Crippen LogP contribution in [-0.4, -0.2) is 45.3 Å². The van der Waals surface area contributed by atoms with Gasteiger partial charge in [0.15, 0.2) is 0 Å². The SMILES string of the molecule is Cc1n[nH]c(C)c1CNC(=O)N1CCC(Oc2cccnc2)C1. The number of hydrogen-bond donors (Lipinski definition) is 2. The Morgan fingerprint density at radius 1 is 1.52 bits per heavy atom. The predicted octanol–water partition coefficient (Wildman–Crippen LogP) is 1.78. The number of rotatable bonds is 4. The second-order valence-electron chi connectivity index (χ2n) is 5.73. The van der Waals surface area contributed by atoms with E-state index in [0.29, 0.717) is 19.6 Å². The Morgan fingerprint density at radius 2 is 2.39 bits per heavy atom. The molecule has 7 heteroatoms. The molecule has 2 aromatic rings. The van der Waals surface area contributed by atoms with Crippen LogP contribution in [0.5, 0.6) is 5.75 Å². The van der Waals surface area contributed by atoms with E-state index in [1.807, 2.05) is 26.0 Å². The molecule has 2 aromatic heterocycles. The summed E-state index contributed by atoms with van der Waals surface area (Å²) in [6.07, 6.45) is 4.24. The Kier molecular flexibility index (Phi) is 4.45. The molecule has 1 atom stereocenters. The van der Waals surface area contributed by atoms with Gasteiger partial charge in [0.25, 0.3) is 0 Å². The van der Waals surface area contributed by atoms with Crippen LogP contribution in [0.25, 0.3) is 0 Å². The number of likely N-dealkylation sites (tertiary alicyclic amines) is 1. The van der Waals surface area contributed by atoms with Crippen molar-refractivity contribution in [1.82, 2.24) is 25.4 Å². The molecule has 1 unspecified atom stereocenters. The fourth-order valence-electron chi connectivity index (χ4n) is 2.73. The molecule has 23 heavy (non-hydrogen) atoms. The number of urea groups is 1. The van der Waals surface area contributed by atoms with E-state index in [-0.39, 0.29) is 12.1 Å². The summed E-state index contributed by atoms with van der Waals surface area (Å²) in [5.41, 5.74) is 2.95. The number of pyridine rings is 1. The summed E-state index contributed by atoms with van der Waals surface area (Å²) in [6, 6.07) is 3.65. The first-order valence-electron chi connectivity index (χ1n) is 7.73. The maximum atomic E-state index is 12.3. The fourth-order valence-corrected chi connectivity index (χ4v) is 2.73. The van der Waals surface area contributed by atoms with Crippen molar-refractivity contribution >= 4 is 6.03 Å². The average molecular weight is 315 g/mol. The van der Waals surface area contributed by atoms with Gasteiger partial charge in [0.1, 0.15) is 11.9 Å². The van der Waals surface area contributed by atoms with Gasteiger partial charge in [0.2, 0.25) is 0 Å². The number of aryl methyl sites for hydroxylation is 2. The number of nitrogens with zero attached hydrogens (tertiary/aromatic N) is 3. The van der Waals surface area contributed by atoms with Gasteiger partial charge in [-0.1, -0.05) is 0 Å². The lowest BCUT2D eigenvalue weighted by atomic mass is 10.2. The Labute approximate surface area is 135 Å². The van der Waals surface area contributed by atoms with E-state index in [1.54, 1.807) is 17.3 Å².